The summed E-state index contributed by atoms with van der Waals surface area (Å²) in [5.41, 5.74) is 0. The average Bonchev–Trinajstić information content (AvgIpc) is 2.40. The second-order valence-corrected chi connectivity index (χ2v) is 7.13. The van der Waals surface area contributed by atoms with E-state index in [4.69, 9.17) is 0 Å². The minimum absolute atomic E-state index is 0.00134. The molecule has 1 rings (SSSR count). The van der Waals surface area contributed by atoms with Crippen LogP contribution in [0.5, 0.6) is 0 Å². The largest absolute Gasteiger partial charge is 0.343 e. The van der Waals surface area contributed by atoms with Gasteiger partial charge in [0.05, 0.1) is 0 Å². The first-order chi connectivity index (χ1) is 9.43. The molecule has 116 valence electrons. The Bertz CT molecular complexity index is 347. The smallest absolute Gasteiger partial charge is 0.246 e. The maximum absolute atomic E-state index is 12.6. The highest BCUT2D eigenvalue weighted by atomic mass is 32.2. The van der Waals surface area contributed by atoms with Crippen LogP contribution in [0.15, 0.2) is 0 Å². The first-order valence-corrected chi connectivity index (χ1v) is 8.79. The fourth-order valence-corrected chi connectivity index (χ4v) is 3.49. The van der Waals surface area contributed by atoms with E-state index in [2.05, 4.69) is 19.2 Å². The van der Waals surface area contributed by atoms with Gasteiger partial charge >= 0.3 is 0 Å². The van der Waals surface area contributed by atoms with Gasteiger partial charge < -0.3 is 10.2 Å². The molecule has 0 aromatic rings. The molecule has 1 aliphatic rings. The maximum atomic E-state index is 12.6. The van der Waals surface area contributed by atoms with Crippen LogP contribution in [0.1, 0.15) is 47.5 Å². The SMILES string of the molecule is CCSCCC(C)N1C(=O)C(CC)NC(=O)C1C(C)C. The summed E-state index contributed by atoms with van der Waals surface area (Å²) in [4.78, 5) is 26.7. The summed E-state index contributed by atoms with van der Waals surface area (Å²) in [6.07, 6.45) is 1.60. The summed E-state index contributed by atoms with van der Waals surface area (Å²) in [7, 11) is 0. The Labute approximate surface area is 127 Å². The minimum atomic E-state index is -0.348. The highest BCUT2D eigenvalue weighted by Crippen LogP contribution is 2.23. The zero-order valence-electron chi connectivity index (χ0n) is 13.3. The Hall–Kier alpha value is -0.710. The second kappa shape index (κ2) is 7.91. The first-order valence-electron chi connectivity index (χ1n) is 7.64. The van der Waals surface area contributed by atoms with Crippen LogP contribution in [0.3, 0.4) is 0 Å². The average molecular weight is 300 g/mol. The lowest BCUT2D eigenvalue weighted by Crippen LogP contribution is -2.66. The number of rotatable bonds is 7. The molecule has 0 bridgehead atoms. The highest BCUT2D eigenvalue weighted by Gasteiger charge is 2.43. The van der Waals surface area contributed by atoms with Crippen molar-refractivity contribution >= 4 is 23.6 Å². The third-order valence-corrected chi connectivity index (χ3v) is 4.77. The predicted octanol–water partition coefficient (Wildman–Crippen LogP) is 2.28. The predicted molar refractivity (Wildman–Crippen MR) is 84.8 cm³/mol. The van der Waals surface area contributed by atoms with Crippen LogP contribution >= 0.6 is 11.8 Å². The quantitative estimate of drug-likeness (QED) is 0.734. The molecule has 20 heavy (non-hydrogen) atoms. The van der Waals surface area contributed by atoms with E-state index in [1.54, 1.807) is 0 Å². The summed E-state index contributed by atoms with van der Waals surface area (Å²) in [5, 5.41) is 2.86. The van der Waals surface area contributed by atoms with Gasteiger partial charge in [-0.05, 0) is 37.2 Å². The Balaban J connectivity index is 2.87. The van der Waals surface area contributed by atoms with Crippen molar-refractivity contribution in [1.29, 1.82) is 0 Å². The van der Waals surface area contributed by atoms with Crippen molar-refractivity contribution in [1.82, 2.24) is 10.2 Å². The molecule has 1 saturated heterocycles. The molecule has 1 fully saturated rings. The number of nitrogens with zero attached hydrogens (tertiary/aromatic N) is 1. The molecule has 1 heterocycles. The molecular formula is C15H28N2O2S. The topological polar surface area (TPSA) is 49.4 Å². The molecule has 0 spiro atoms. The number of thioether (sulfide) groups is 1. The molecule has 4 nitrogen and oxygen atoms in total. The number of hydrogen-bond acceptors (Lipinski definition) is 3. The number of carbonyl (C=O) groups excluding carboxylic acids is 2. The molecule has 3 atom stereocenters. The van der Waals surface area contributed by atoms with Gasteiger partial charge in [0.1, 0.15) is 12.1 Å². The van der Waals surface area contributed by atoms with Crippen molar-refractivity contribution in [3.05, 3.63) is 0 Å². The standard InChI is InChI=1S/C15H28N2O2S/c1-6-12-15(19)17(11(5)8-9-20-7-2)13(10(3)4)14(18)16-12/h10-13H,6-9H2,1-5H3,(H,16,18). The summed E-state index contributed by atoms with van der Waals surface area (Å²) in [5.74, 6) is 2.34. The minimum Gasteiger partial charge on any atom is -0.343 e. The fourth-order valence-electron chi connectivity index (χ4n) is 2.69. The second-order valence-electron chi connectivity index (χ2n) is 5.74. The van der Waals surface area contributed by atoms with Crippen molar-refractivity contribution in [3.63, 3.8) is 0 Å². The van der Waals surface area contributed by atoms with Crippen molar-refractivity contribution in [2.45, 2.75) is 65.6 Å². The summed E-state index contributed by atoms with van der Waals surface area (Å²) < 4.78 is 0. The van der Waals surface area contributed by atoms with Crippen LogP contribution in [0.4, 0.5) is 0 Å². The molecule has 0 radical (unpaired) electrons. The van der Waals surface area contributed by atoms with E-state index in [1.165, 1.54) is 0 Å². The summed E-state index contributed by atoms with van der Waals surface area (Å²) in [6.45, 7) is 10.1. The molecule has 3 unspecified atom stereocenters. The number of carbonyl (C=O) groups is 2. The number of nitrogens with one attached hydrogen (secondary N) is 1. The van der Waals surface area contributed by atoms with Gasteiger partial charge in [-0.25, -0.2) is 0 Å². The Morgan fingerprint density at radius 1 is 1.25 bits per heavy atom. The van der Waals surface area contributed by atoms with Crippen molar-refractivity contribution in [2.24, 2.45) is 5.92 Å². The van der Waals surface area contributed by atoms with Crippen LogP contribution < -0.4 is 5.32 Å². The van der Waals surface area contributed by atoms with E-state index < -0.39 is 0 Å². The van der Waals surface area contributed by atoms with Gasteiger partial charge in [0.25, 0.3) is 0 Å². The zero-order chi connectivity index (χ0) is 15.3. The number of amides is 2. The Kier molecular flexibility index (Phi) is 6.86. The van der Waals surface area contributed by atoms with Crippen LogP contribution in [-0.2, 0) is 9.59 Å². The molecule has 2 amide bonds. The van der Waals surface area contributed by atoms with Gasteiger partial charge in [-0.15, -0.1) is 0 Å². The lowest BCUT2D eigenvalue weighted by atomic mass is 9.94. The lowest BCUT2D eigenvalue weighted by Gasteiger charge is -2.44. The molecule has 5 heteroatoms. The van der Waals surface area contributed by atoms with Crippen molar-refractivity contribution in [3.8, 4) is 0 Å². The van der Waals surface area contributed by atoms with Crippen molar-refractivity contribution in [2.75, 3.05) is 11.5 Å². The highest BCUT2D eigenvalue weighted by molar-refractivity contribution is 7.99. The van der Waals surface area contributed by atoms with Crippen LogP contribution in [0.25, 0.3) is 0 Å². The van der Waals surface area contributed by atoms with E-state index in [0.717, 1.165) is 17.9 Å². The van der Waals surface area contributed by atoms with Gasteiger partial charge in [-0.1, -0.05) is 27.7 Å². The third-order valence-electron chi connectivity index (χ3n) is 3.84. The molecule has 1 N–H and O–H groups in total. The van der Waals surface area contributed by atoms with Crippen LogP contribution in [0.2, 0.25) is 0 Å². The normalized spacial score (nSPS) is 25.0. The maximum Gasteiger partial charge on any atom is 0.246 e. The van der Waals surface area contributed by atoms with E-state index >= 15 is 0 Å². The van der Waals surface area contributed by atoms with Crippen LogP contribution in [-0.4, -0.2) is 46.3 Å². The molecule has 0 saturated carbocycles. The summed E-state index contributed by atoms with van der Waals surface area (Å²) >= 11 is 1.88. The molecular weight excluding hydrogens is 272 g/mol. The number of hydrogen-bond donors (Lipinski definition) is 1. The monoisotopic (exact) mass is 300 g/mol. The van der Waals surface area contributed by atoms with Crippen LogP contribution in [0, 0.1) is 5.92 Å². The van der Waals surface area contributed by atoms with E-state index in [1.807, 2.05) is 37.4 Å². The first kappa shape index (κ1) is 17.3. The Morgan fingerprint density at radius 3 is 2.40 bits per heavy atom. The Morgan fingerprint density at radius 2 is 1.90 bits per heavy atom. The fraction of sp³-hybridized carbons (Fsp3) is 0.867. The van der Waals surface area contributed by atoms with E-state index in [-0.39, 0.29) is 35.9 Å². The lowest BCUT2D eigenvalue weighted by molar-refractivity contribution is -0.153. The third kappa shape index (κ3) is 3.90. The molecule has 0 aromatic heterocycles. The van der Waals surface area contributed by atoms with Crippen molar-refractivity contribution < 1.29 is 9.59 Å². The molecule has 0 aromatic carbocycles. The van der Waals surface area contributed by atoms with E-state index in [9.17, 15) is 9.59 Å². The van der Waals surface area contributed by atoms with Gasteiger partial charge in [-0.3, -0.25) is 9.59 Å². The zero-order valence-corrected chi connectivity index (χ0v) is 14.1. The number of piperazine rings is 1. The molecule has 0 aliphatic carbocycles. The summed E-state index contributed by atoms with van der Waals surface area (Å²) in [6, 6.07) is -0.556. The van der Waals surface area contributed by atoms with Gasteiger partial charge in [0, 0.05) is 6.04 Å². The van der Waals surface area contributed by atoms with Gasteiger partial charge in [0.15, 0.2) is 0 Å². The van der Waals surface area contributed by atoms with Gasteiger partial charge in [0.2, 0.25) is 11.8 Å². The van der Waals surface area contributed by atoms with Gasteiger partial charge in [-0.2, -0.15) is 11.8 Å². The van der Waals surface area contributed by atoms with E-state index in [0.29, 0.717) is 6.42 Å². The molecule has 1 aliphatic heterocycles.